The van der Waals surface area contributed by atoms with E-state index >= 15 is 0 Å². The van der Waals surface area contributed by atoms with Crippen LogP contribution in [0.15, 0.2) is 36.4 Å². The van der Waals surface area contributed by atoms with Crippen LogP contribution in [0.25, 0.3) is 0 Å². The van der Waals surface area contributed by atoms with Crippen molar-refractivity contribution in [2.45, 2.75) is 6.92 Å². The lowest BCUT2D eigenvalue weighted by molar-refractivity contribution is 0.234. The summed E-state index contributed by atoms with van der Waals surface area (Å²) in [5.41, 5.74) is 1.54. The Morgan fingerprint density at radius 1 is 1.09 bits per heavy atom. The highest BCUT2D eigenvalue weighted by Crippen LogP contribution is 2.27. The number of nitrogens with one attached hydrogen (secondary N) is 2. The van der Waals surface area contributed by atoms with Gasteiger partial charge in [0.1, 0.15) is 5.75 Å². The fourth-order valence-electron chi connectivity index (χ4n) is 1.71. The average Bonchev–Trinajstić information content (AvgIpc) is 2.44. The van der Waals surface area contributed by atoms with Crippen LogP contribution in [0.3, 0.4) is 0 Å². The number of amides is 2. The van der Waals surface area contributed by atoms with Gasteiger partial charge in [-0.2, -0.15) is 0 Å². The van der Waals surface area contributed by atoms with Crippen molar-refractivity contribution in [1.29, 1.82) is 0 Å². The fraction of sp³-hybridized carbons (Fsp3) is 0.133. The zero-order valence-corrected chi connectivity index (χ0v) is 13.9. The molecule has 0 radical (unpaired) electrons. The van der Waals surface area contributed by atoms with Gasteiger partial charge in [-0.1, -0.05) is 34.8 Å². The van der Waals surface area contributed by atoms with Gasteiger partial charge in [-0.15, -0.1) is 0 Å². The van der Waals surface area contributed by atoms with E-state index in [0.717, 1.165) is 5.56 Å². The minimum absolute atomic E-state index is 0.0280. The monoisotopic (exact) mass is 358 g/mol. The standard InChI is InChI=1S/C15H13Cl3N2O2/c1-9-6-10(16)2-4-13(9)20-15(21)19-8-22-14-5-3-11(17)7-12(14)18/h2-7H,8H2,1H3,(H2,19,20,21). The Kier molecular flexibility index (Phi) is 5.77. The zero-order valence-electron chi connectivity index (χ0n) is 11.6. The summed E-state index contributed by atoms with van der Waals surface area (Å²) in [7, 11) is 0. The van der Waals surface area contributed by atoms with Crippen molar-refractivity contribution in [3.05, 3.63) is 57.0 Å². The largest absolute Gasteiger partial charge is 0.472 e. The number of hydrogen-bond acceptors (Lipinski definition) is 2. The van der Waals surface area contributed by atoms with Crippen molar-refractivity contribution in [2.75, 3.05) is 12.0 Å². The molecular weight excluding hydrogens is 347 g/mol. The maximum atomic E-state index is 11.8. The molecule has 0 aliphatic heterocycles. The predicted octanol–water partition coefficient (Wildman–Crippen LogP) is 5.11. The first-order valence-corrected chi connectivity index (χ1v) is 7.48. The molecule has 0 atom stereocenters. The van der Waals surface area contributed by atoms with E-state index in [9.17, 15) is 4.79 Å². The first kappa shape index (κ1) is 16.7. The molecule has 0 bridgehead atoms. The average molecular weight is 360 g/mol. The number of ether oxygens (including phenoxy) is 1. The van der Waals surface area contributed by atoms with Gasteiger partial charge in [0.05, 0.1) is 5.02 Å². The highest BCUT2D eigenvalue weighted by Gasteiger charge is 2.06. The second-order valence-corrected chi connectivity index (χ2v) is 5.73. The van der Waals surface area contributed by atoms with Crippen LogP contribution >= 0.6 is 34.8 Å². The molecule has 0 aromatic heterocycles. The van der Waals surface area contributed by atoms with Crippen molar-refractivity contribution in [3.8, 4) is 5.75 Å². The molecule has 7 heteroatoms. The van der Waals surface area contributed by atoms with E-state index in [4.69, 9.17) is 39.5 Å². The van der Waals surface area contributed by atoms with Gasteiger partial charge in [0.2, 0.25) is 0 Å². The number of rotatable bonds is 4. The molecule has 4 nitrogen and oxygen atoms in total. The number of hydrogen-bond donors (Lipinski definition) is 2. The van der Waals surface area contributed by atoms with Crippen molar-refractivity contribution in [2.24, 2.45) is 0 Å². The summed E-state index contributed by atoms with van der Waals surface area (Å²) in [6.07, 6.45) is 0. The van der Waals surface area contributed by atoms with Crippen LogP contribution in [0.4, 0.5) is 10.5 Å². The molecule has 0 heterocycles. The fourth-order valence-corrected chi connectivity index (χ4v) is 2.40. The van der Waals surface area contributed by atoms with E-state index in [-0.39, 0.29) is 6.73 Å². The van der Waals surface area contributed by atoms with Crippen LogP contribution < -0.4 is 15.4 Å². The van der Waals surface area contributed by atoms with Crippen LogP contribution in [0.2, 0.25) is 15.1 Å². The highest BCUT2D eigenvalue weighted by atomic mass is 35.5. The Morgan fingerprint density at radius 2 is 1.77 bits per heavy atom. The number of anilines is 1. The zero-order chi connectivity index (χ0) is 16.1. The molecule has 2 aromatic carbocycles. The minimum atomic E-state index is -0.393. The Morgan fingerprint density at radius 3 is 2.45 bits per heavy atom. The summed E-state index contributed by atoms with van der Waals surface area (Å²) in [5.74, 6) is 0.439. The number of benzene rings is 2. The first-order valence-electron chi connectivity index (χ1n) is 6.34. The summed E-state index contributed by atoms with van der Waals surface area (Å²) < 4.78 is 5.37. The van der Waals surface area contributed by atoms with Gasteiger partial charge in [-0.3, -0.25) is 0 Å². The predicted molar refractivity (Wildman–Crippen MR) is 90.3 cm³/mol. The van der Waals surface area contributed by atoms with E-state index in [1.165, 1.54) is 0 Å². The normalized spacial score (nSPS) is 10.2. The molecule has 0 aliphatic rings. The quantitative estimate of drug-likeness (QED) is 0.745. The van der Waals surface area contributed by atoms with E-state index in [1.54, 1.807) is 36.4 Å². The molecule has 0 saturated carbocycles. The smallest absolute Gasteiger partial charge is 0.321 e. The number of aryl methyl sites for hydroxylation is 1. The number of halogens is 3. The Balaban J connectivity index is 1.85. The lowest BCUT2D eigenvalue weighted by Gasteiger charge is -2.12. The SMILES string of the molecule is Cc1cc(Cl)ccc1NC(=O)NCOc1ccc(Cl)cc1Cl. The molecule has 0 aliphatic carbocycles. The number of urea groups is 1. The van der Waals surface area contributed by atoms with Crippen molar-refractivity contribution < 1.29 is 9.53 Å². The first-order chi connectivity index (χ1) is 10.5. The third-order valence-electron chi connectivity index (χ3n) is 2.79. The lowest BCUT2D eigenvalue weighted by Crippen LogP contribution is -2.32. The molecule has 0 saturated heterocycles. The minimum Gasteiger partial charge on any atom is -0.472 e. The highest BCUT2D eigenvalue weighted by molar-refractivity contribution is 6.35. The molecule has 2 amide bonds. The maximum Gasteiger partial charge on any atom is 0.321 e. The Hall–Kier alpha value is -1.62. The Labute approximate surface area is 143 Å². The van der Waals surface area contributed by atoms with Gasteiger partial charge in [0.15, 0.2) is 6.73 Å². The van der Waals surface area contributed by atoms with Crippen molar-refractivity contribution in [1.82, 2.24) is 5.32 Å². The summed E-state index contributed by atoms with van der Waals surface area (Å²) >= 11 is 17.6. The molecule has 0 fully saturated rings. The van der Waals surface area contributed by atoms with Crippen LogP contribution in [0.1, 0.15) is 5.56 Å². The van der Waals surface area contributed by atoms with Gasteiger partial charge < -0.3 is 15.4 Å². The molecule has 2 aromatic rings. The van der Waals surface area contributed by atoms with Gasteiger partial charge in [0, 0.05) is 15.7 Å². The topological polar surface area (TPSA) is 50.4 Å². The van der Waals surface area contributed by atoms with Gasteiger partial charge in [-0.25, -0.2) is 4.79 Å². The maximum absolute atomic E-state index is 11.8. The summed E-state index contributed by atoms with van der Waals surface area (Å²) in [6, 6.07) is 9.66. The van der Waals surface area contributed by atoms with Crippen molar-refractivity contribution >= 4 is 46.5 Å². The summed E-state index contributed by atoms with van der Waals surface area (Å²) in [4.78, 5) is 11.8. The van der Waals surface area contributed by atoms with Crippen LogP contribution in [-0.2, 0) is 0 Å². The molecule has 0 unspecified atom stereocenters. The summed E-state index contributed by atoms with van der Waals surface area (Å²) in [6.45, 7) is 1.82. The number of carbonyl (C=O) groups excluding carboxylic acids is 1. The van der Waals surface area contributed by atoms with E-state index in [1.807, 2.05) is 6.92 Å². The van der Waals surface area contributed by atoms with Gasteiger partial charge >= 0.3 is 6.03 Å². The Bertz CT molecular complexity index is 692. The van der Waals surface area contributed by atoms with Crippen LogP contribution in [0.5, 0.6) is 5.75 Å². The lowest BCUT2D eigenvalue weighted by atomic mass is 10.2. The van der Waals surface area contributed by atoms with Gasteiger partial charge in [-0.05, 0) is 48.9 Å². The molecule has 22 heavy (non-hydrogen) atoms. The molecular formula is C15H13Cl3N2O2. The second kappa shape index (κ2) is 7.58. The molecule has 116 valence electrons. The number of carbonyl (C=O) groups is 1. The molecule has 2 rings (SSSR count). The molecule has 2 N–H and O–H groups in total. The molecule has 0 spiro atoms. The van der Waals surface area contributed by atoms with Crippen molar-refractivity contribution in [3.63, 3.8) is 0 Å². The summed E-state index contributed by atoms with van der Waals surface area (Å²) in [5, 5.41) is 6.78. The second-order valence-electron chi connectivity index (χ2n) is 4.45. The third-order valence-corrected chi connectivity index (χ3v) is 3.56. The van der Waals surface area contributed by atoms with Crippen LogP contribution in [0, 0.1) is 6.92 Å². The van der Waals surface area contributed by atoms with Crippen LogP contribution in [-0.4, -0.2) is 12.8 Å². The van der Waals surface area contributed by atoms with E-state index < -0.39 is 6.03 Å². The third kappa shape index (κ3) is 4.70. The van der Waals surface area contributed by atoms with Gasteiger partial charge in [0.25, 0.3) is 0 Å². The van der Waals surface area contributed by atoms with E-state index in [0.29, 0.717) is 26.5 Å². The van der Waals surface area contributed by atoms with E-state index in [2.05, 4.69) is 10.6 Å².